The molecule has 0 spiro atoms. The van der Waals surface area contributed by atoms with Crippen LogP contribution in [0.4, 0.5) is 5.69 Å². The van der Waals surface area contributed by atoms with Crippen molar-refractivity contribution >= 4 is 17.5 Å². The van der Waals surface area contributed by atoms with Crippen LogP contribution in [-0.2, 0) is 6.54 Å². The molecule has 0 saturated carbocycles. The molecule has 2 aromatic heterocycles. The van der Waals surface area contributed by atoms with Crippen molar-refractivity contribution in [3.8, 4) is 0 Å². The Morgan fingerprint density at radius 3 is 2.35 bits per heavy atom. The first-order valence-electron chi connectivity index (χ1n) is 8.15. The minimum absolute atomic E-state index is 0.179. The number of para-hydroxylation sites is 1. The van der Waals surface area contributed by atoms with Gasteiger partial charge in [-0.2, -0.15) is 0 Å². The second kappa shape index (κ2) is 8.02. The maximum Gasteiger partial charge on any atom is 0.274 e. The molecule has 6 nitrogen and oxygen atoms in total. The fraction of sp³-hybridized carbons (Fsp3) is 0.100. The number of amides is 2. The van der Waals surface area contributed by atoms with Crippen LogP contribution in [0.5, 0.6) is 0 Å². The zero-order valence-electron chi connectivity index (χ0n) is 14.3. The summed E-state index contributed by atoms with van der Waals surface area (Å²) in [6.45, 7) is 2.20. The highest BCUT2D eigenvalue weighted by Gasteiger charge is 2.13. The Kier molecular flexibility index (Phi) is 5.34. The van der Waals surface area contributed by atoms with Crippen molar-refractivity contribution in [2.24, 2.45) is 0 Å². The molecule has 2 amide bonds. The van der Waals surface area contributed by atoms with Crippen molar-refractivity contribution in [1.82, 2.24) is 15.3 Å². The van der Waals surface area contributed by atoms with E-state index >= 15 is 0 Å². The molecule has 3 aromatic rings. The number of nitrogens with zero attached hydrogens (tertiary/aromatic N) is 2. The third-order valence-corrected chi connectivity index (χ3v) is 3.76. The summed E-state index contributed by atoms with van der Waals surface area (Å²) in [5.74, 6) is -0.722. The molecule has 3 rings (SSSR count). The van der Waals surface area contributed by atoms with E-state index in [0.29, 0.717) is 12.2 Å². The van der Waals surface area contributed by atoms with E-state index in [1.54, 1.807) is 24.4 Å². The molecule has 0 unspecified atom stereocenters. The van der Waals surface area contributed by atoms with Gasteiger partial charge in [-0.25, -0.2) is 4.98 Å². The molecule has 130 valence electrons. The van der Waals surface area contributed by atoms with Gasteiger partial charge in [0.15, 0.2) is 0 Å². The molecule has 26 heavy (non-hydrogen) atoms. The summed E-state index contributed by atoms with van der Waals surface area (Å²) >= 11 is 0. The lowest BCUT2D eigenvalue weighted by Gasteiger charge is -2.09. The van der Waals surface area contributed by atoms with E-state index in [1.807, 2.05) is 49.4 Å². The minimum atomic E-state index is -0.362. The lowest BCUT2D eigenvalue weighted by molar-refractivity contribution is 0.0945. The summed E-state index contributed by atoms with van der Waals surface area (Å²) in [6, 6.07) is 17.7. The van der Waals surface area contributed by atoms with E-state index in [1.165, 1.54) is 0 Å². The van der Waals surface area contributed by atoms with Gasteiger partial charge >= 0.3 is 0 Å². The lowest BCUT2D eigenvalue weighted by atomic mass is 10.2. The van der Waals surface area contributed by atoms with Crippen LogP contribution >= 0.6 is 0 Å². The van der Waals surface area contributed by atoms with Gasteiger partial charge in [0.05, 0.1) is 12.2 Å². The highest BCUT2D eigenvalue weighted by Crippen LogP contribution is 2.14. The summed E-state index contributed by atoms with van der Waals surface area (Å²) in [6.07, 6.45) is 1.66. The van der Waals surface area contributed by atoms with Crippen LogP contribution in [0.1, 0.15) is 32.2 Å². The molecule has 0 fully saturated rings. The summed E-state index contributed by atoms with van der Waals surface area (Å²) < 4.78 is 0. The highest BCUT2D eigenvalue weighted by atomic mass is 16.2. The fourth-order valence-corrected chi connectivity index (χ4v) is 2.35. The highest BCUT2D eigenvalue weighted by molar-refractivity contribution is 6.04. The molecule has 0 aliphatic rings. The van der Waals surface area contributed by atoms with Gasteiger partial charge in [0.2, 0.25) is 0 Å². The average Bonchev–Trinajstić information content (AvgIpc) is 2.69. The van der Waals surface area contributed by atoms with E-state index in [0.717, 1.165) is 11.3 Å². The number of pyridine rings is 2. The zero-order chi connectivity index (χ0) is 18.4. The standard InChI is InChI=1S/C20H18N4O2/c1-14-7-2-3-9-16(14)24-20(26)18-11-6-10-17(23-18)19(25)22-13-15-8-4-5-12-21-15/h2-12H,13H2,1H3,(H,22,25)(H,24,26). The normalized spacial score (nSPS) is 10.2. The predicted octanol–water partition coefficient (Wildman–Crippen LogP) is 2.97. The van der Waals surface area contributed by atoms with E-state index in [9.17, 15) is 9.59 Å². The Balaban J connectivity index is 1.68. The molecule has 6 heteroatoms. The van der Waals surface area contributed by atoms with Crippen LogP contribution in [0.2, 0.25) is 0 Å². The molecule has 2 heterocycles. The quantitative estimate of drug-likeness (QED) is 0.744. The van der Waals surface area contributed by atoms with Crippen LogP contribution in [0.25, 0.3) is 0 Å². The second-order valence-electron chi connectivity index (χ2n) is 5.68. The van der Waals surface area contributed by atoms with Gasteiger partial charge in [0.25, 0.3) is 11.8 Å². The summed E-state index contributed by atoms with van der Waals surface area (Å²) in [4.78, 5) is 33.0. The third kappa shape index (κ3) is 4.30. The van der Waals surface area contributed by atoms with Gasteiger partial charge in [0.1, 0.15) is 11.4 Å². The molecule has 0 saturated heterocycles. The third-order valence-electron chi connectivity index (χ3n) is 3.76. The van der Waals surface area contributed by atoms with Gasteiger partial charge < -0.3 is 10.6 Å². The summed E-state index contributed by atoms with van der Waals surface area (Å²) in [5, 5.41) is 5.55. The van der Waals surface area contributed by atoms with Crippen LogP contribution in [0.3, 0.4) is 0 Å². The zero-order valence-corrected chi connectivity index (χ0v) is 14.3. The first-order valence-corrected chi connectivity index (χ1v) is 8.15. The molecule has 0 aliphatic carbocycles. The monoisotopic (exact) mass is 346 g/mol. The Bertz CT molecular complexity index is 926. The Hall–Kier alpha value is -3.54. The Morgan fingerprint density at radius 1 is 0.885 bits per heavy atom. The number of rotatable bonds is 5. The van der Waals surface area contributed by atoms with E-state index in [-0.39, 0.29) is 23.2 Å². The molecular weight excluding hydrogens is 328 g/mol. The average molecular weight is 346 g/mol. The van der Waals surface area contributed by atoms with Gasteiger partial charge in [-0.1, -0.05) is 30.3 Å². The number of anilines is 1. The first kappa shape index (κ1) is 17.3. The molecule has 0 atom stereocenters. The number of hydrogen-bond donors (Lipinski definition) is 2. The largest absolute Gasteiger partial charge is 0.345 e. The van der Waals surface area contributed by atoms with Gasteiger partial charge in [-0.3, -0.25) is 14.6 Å². The van der Waals surface area contributed by atoms with Crippen molar-refractivity contribution in [3.63, 3.8) is 0 Å². The number of aromatic nitrogens is 2. The minimum Gasteiger partial charge on any atom is -0.345 e. The van der Waals surface area contributed by atoms with Crippen molar-refractivity contribution in [2.45, 2.75) is 13.5 Å². The fourth-order valence-electron chi connectivity index (χ4n) is 2.35. The van der Waals surface area contributed by atoms with E-state index < -0.39 is 0 Å². The SMILES string of the molecule is Cc1ccccc1NC(=O)c1cccc(C(=O)NCc2ccccn2)n1. The first-order chi connectivity index (χ1) is 12.6. The molecule has 2 N–H and O–H groups in total. The van der Waals surface area contributed by atoms with Crippen molar-refractivity contribution in [2.75, 3.05) is 5.32 Å². The number of aryl methyl sites for hydroxylation is 1. The lowest BCUT2D eigenvalue weighted by Crippen LogP contribution is -2.25. The van der Waals surface area contributed by atoms with Crippen LogP contribution in [0.15, 0.2) is 66.9 Å². The maximum atomic E-state index is 12.4. The Labute approximate surface area is 151 Å². The van der Waals surface area contributed by atoms with Gasteiger partial charge in [-0.05, 0) is 42.8 Å². The molecular formula is C20H18N4O2. The molecule has 0 bridgehead atoms. The molecule has 0 radical (unpaired) electrons. The topological polar surface area (TPSA) is 84.0 Å². The van der Waals surface area contributed by atoms with Crippen LogP contribution in [-0.4, -0.2) is 21.8 Å². The maximum absolute atomic E-state index is 12.4. The number of nitrogens with one attached hydrogen (secondary N) is 2. The number of carbonyl (C=O) groups excluding carboxylic acids is 2. The van der Waals surface area contributed by atoms with Gasteiger partial charge in [-0.15, -0.1) is 0 Å². The van der Waals surface area contributed by atoms with E-state index in [4.69, 9.17) is 0 Å². The number of hydrogen-bond acceptors (Lipinski definition) is 4. The smallest absolute Gasteiger partial charge is 0.274 e. The number of carbonyl (C=O) groups is 2. The summed E-state index contributed by atoms with van der Waals surface area (Å²) in [7, 11) is 0. The molecule has 1 aromatic carbocycles. The number of benzene rings is 1. The Morgan fingerprint density at radius 2 is 1.62 bits per heavy atom. The van der Waals surface area contributed by atoms with Crippen molar-refractivity contribution in [3.05, 3.63) is 89.5 Å². The van der Waals surface area contributed by atoms with Crippen molar-refractivity contribution < 1.29 is 9.59 Å². The summed E-state index contributed by atoms with van der Waals surface area (Å²) in [5.41, 5.74) is 2.76. The van der Waals surface area contributed by atoms with Crippen molar-refractivity contribution in [1.29, 1.82) is 0 Å². The second-order valence-corrected chi connectivity index (χ2v) is 5.68. The predicted molar refractivity (Wildman–Crippen MR) is 98.8 cm³/mol. The van der Waals surface area contributed by atoms with E-state index in [2.05, 4.69) is 20.6 Å². The van der Waals surface area contributed by atoms with Crippen LogP contribution < -0.4 is 10.6 Å². The van der Waals surface area contributed by atoms with Crippen LogP contribution in [0, 0.1) is 6.92 Å². The molecule has 0 aliphatic heterocycles. The van der Waals surface area contributed by atoms with Gasteiger partial charge in [0, 0.05) is 11.9 Å².